The van der Waals surface area contributed by atoms with Crippen LogP contribution in [-0.4, -0.2) is 27.3 Å². The van der Waals surface area contributed by atoms with Crippen LogP contribution in [-0.2, 0) is 9.59 Å². The highest BCUT2D eigenvalue weighted by Crippen LogP contribution is 2.36. The zero-order valence-corrected chi connectivity index (χ0v) is 18.0. The third-order valence-corrected chi connectivity index (χ3v) is 7.20. The predicted molar refractivity (Wildman–Crippen MR) is 123 cm³/mol. The number of pyridine rings is 1. The molecule has 0 radical (unpaired) electrons. The summed E-state index contributed by atoms with van der Waals surface area (Å²) in [6.07, 6.45) is 5.11. The maximum atomic E-state index is 11.8. The summed E-state index contributed by atoms with van der Waals surface area (Å²) < 4.78 is 0. The number of thiophene rings is 1. The normalized spacial score (nSPS) is 19.0. The molecule has 1 aromatic carbocycles. The second-order valence-electron chi connectivity index (χ2n) is 6.54. The van der Waals surface area contributed by atoms with E-state index >= 15 is 0 Å². The molecule has 4 amide bonds. The SMILES string of the molecule is O=C1NC(=O)/C(=C/c2ccc3nccc(-c4ccc(/C=C5\SC(=O)NC5=O)s4)c3c2)S1. The molecular weight excluding hydrogens is 454 g/mol. The number of carbonyl (C=O) groups is 4. The van der Waals surface area contributed by atoms with E-state index in [4.69, 9.17) is 0 Å². The first-order chi connectivity index (χ1) is 15.0. The second-order valence-corrected chi connectivity index (χ2v) is 9.69. The maximum absolute atomic E-state index is 11.8. The number of rotatable bonds is 3. The number of aromatic nitrogens is 1. The highest BCUT2D eigenvalue weighted by molar-refractivity contribution is 8.18. The van der Waals surface area contributed by atoms with Crippen molar-refractivity contribution in [2.75, 3.05) is 0 Å². The average Bonchev–Trinajstić information content (AvgIpc) is 3.41. The Morgan fingerprint density at radius 1 is 0.806 bits per heavy atom. The van der Waals surface area contributed by atoms with Crippen LogP contribution in [0.3, 0.4) is 0 Å². The minimum absolute atomic E-state index is 0.349. The highest BCUT2D eigenvalue weighted by Gasteiger charge is 2.26. The van der Waals surface area contributed by atoms with E-state index in [-0.39, 0.29) is 16.4 Å². The summed E-state index contributed by atoms with van der Waals surface area (Å²) in [5, 5.41) is 4.65. The summed E-state index contributed by atoms with van der Waals surface area (Å²) in [5.41, 5.74) is 2.54. The third-order valence-electron chi connectivity index (χ3n) is 4.51. The molecular formula is C21H11N3O4S3. The third kappa shape index (κ3) is 3.92. The fraction of sp³-hybridized carbons (Fsp3) is 0. The van der Waals surface area contributed by atoms with Gasteiger partial charge in [0.05, 0.1) is 15.3 Å². The minimum atomic E-state index is -0.398. The first-order valence-corrected chi connectivity index (χ1v) is 11.4. The summed E-state index contributed by atoms with van der Waals surface area (Å²) in [6, 6.07) is 11.4. The Morgan fingerprint density at radius 3 is 2.19 bits per heavy atom. The van der Waals surface area contributed by atoms with Crippen molar-refractivity contribution in [2.45, 2.75) is 0 Å². The molecule has 2 N–H and O–H groups in total. The van der Waals surface area contributed by atoms with Crippen LogP contribution >= 0.6 is 34.9 Å². The van der Waals surface area contributed by atoms with Gasteiger partial charge in [0.25, 0.3) is 22.3 Å². The average molecular weight is 466 g/mol. The van der Waals surface area contributed by atoms with Crippen LogP contribution in [0, 0.1) is 0 Å². The van der Waals surface area contributed by atoms with Crippen LogP contribution in [0.5, 0.6) is 0 Å². The monoisotopic (exact) mass is 465 g/mol. The minimum Gasteiger partial charge on any atom is -0.282 e. The Bertz CT molecular complexity index is 1370. The highest BCUT2D eigenvalue weighted by atomic mass is 32.2. The van der Waals surface area contributed by atoms with Crippen molar-refractivity contribution in [1.82, 2.24) is 15.6 Å². The van der Waals surface area contributed by atoms with Gasteiger partial charge >= 0.3 is 0 Å². The Labute approximate surface area is 188 Å². The van der Waals surface area contributed by atoms with Crippen molar-refractivity contribution >= 4 is 80.2 Å². The topological polar surface area (TPSA) is 105 Å². The molecule has 3 aromatic rings. The number of nitrogens with zero attached hydrogens (tertiary/aromatic N) is 1. The molecule has 4 heterocycles. The van der Waals surface area contributed by atoms with Gasteiger partial charge in [-0.3, -0.25) is 34.8 Å². The van der Waals surface area contributed by atoms with E-state index in [1.54, 1.807) is 18.3 Å². The van der Waals surface area contributed by atoms with Gasteiger partial charge in [0.15, 0.2) is 0 Å². The van der Waals surface area contributed by atoms with Crippen molar-refractivity contribution < 1.29 is 19.2 Å². The van der Waals surface area contributed by atoms with Crippen LogP contribution in [0.4, 0.5) is 9.59 Å². The molecule has 2 aromatic heterocycles. The molecule has 5 rings (SSSR count). The van der Waals surface area contributed by atoms with E-state index in [1.165, 1.54) is 11.3 Å². The van der Waals surface area contributed by atoms with E-state index in [9.17, 15) is 19.2 Å². The summed E-state index contributed by atoms with van der Waals surface area (Å²) in [7, 11) is 0. The molecule has 0 bridgehead atoms. The fourth-order valence-electron chi connectivity index (χ4n) is 3.17. The number of hydrogen-bond acceptors (Lipinski definition) is 8. The van der Waals surface area contributed by atoms with Crippen LogP contribution < -0.4 is 10.6 Å². The molecule has 0 spiro atoms. The van der Waals surface area contributed by atoms with Gasteiger partial charge in [-0.2, -0.15) is 0 Å². The predicted octanol–water partition coefficient (Wildman–Crippen LogP) is 4.61. The Morgan fingerprint density at radius 2 is 1.52 bits per heavy atom. The van der Waals surface area contributed by atoms with Crippen LogP contribution in [0.2, 0.25) is 0 Å². The molecule has 152 valence electrons. The van der Waals surface area contributed by atoms with Gasteiger partial charge in [0.1, 0.15) is 0 Å². The van der Waals surface area contributed by atoms with E-state index in [2.05, 4.69) is 15.6 Å². The van der Waals surface area contributed by atoms with Crippen LogP contribution in [0.25, 0.3) is 33.5 Å². The fourth-order valence-corrected chi connectivity index (χ4v) is 5.59. The number of hydrogen-bond donors (Lipinski definition) is 2. The number of benzene rings is 1. The van der Waals surface area contributed by atoms with Gasteiger partial charge in [0.2, 0.25) is 0 Å². The van der Waals surface area contributed by atoms with Crippen molar-refractivity contribution in [3.05, 3.63) is 62.8 Å². The van der Waals surface area contributed by atoms with Gasteiger partial charge in [0, 0.05) is 26.9 Å². The lowest BCUT2D eigenvalue weighted by atomic mass is 10.0. The smallest absolute Gasteiger partial charge is 0.282 e. The Balaban J connectivity index is 1.53. The van der Waals surface area contributed by atoms with E-state index in [0.29, 0.717) is 9.81 Å². The first-order valence-electron chi connectivity index (χ1n) is 8.95. The summed E-state index contributed by atoms with van der Waals surface area (Å²) >= 11 is 3.26. The number of carbonyl (C=O) groups excluding carboxylic acids is 4. The molecule has 7 nitrogen and oxygen atoms in total. The largest absolute Gasteiger partial charge is 0.290 e. The summed E-state index contributed by atoms with van der Waals surface area (Å²) in [5.74, 6) is -0.783. The maximum Gasteiger partial charge on any atom is 0.290 e. The number of nitrogens with one attached hydrogen (secondary N) is 2. The summed E-state index contributed by atoms with van der Waals surface area (Å²) in [4.78, 5) is 53.3. The molecule has 0 unspecified atom stereocenters. The number of thioether (sulfide) groups is 2. The quantitative estimate of drug-likeness (QED) is 0.544. The van der Waals surface area contributed by atoms with Crippen molar-refractivity contribution in [2.24, 2.45) is 0 Å². The molecule has 0 atom stereocenters. The zero-order chi connectivity index (χ0) is 21.5. The lowest BCUT2D eigenvalue weighted by Gasteiger charge is -2.05. The van der Waals surface area contributed by atoms with Crippen LogP contribution in [0.15, 0.2) is 52.4 Å². The Kier molecular flexibility index (Phi) is 4.97. The van der Waals surface area contributed by atoms with Crippen molar-refractivity contribution in [1.29, 1.82) is 0 Å². The van der Waals surface area contributed by atoms with E-state index < -0.39 is 5.91 Å². The first kappa shape index (κ1) is 19.7. The standard InChI is InChI=1S/C21H11N3O4S3/c25-18-16(30-20(27)23-18)8-10-1-3-14-13(7-10)12(5-6-22-14)15-4-2-11(29-15)9-17-19(26)24-21(28)31-17/h1-9H,(H,23,25,27)(H,24,26,28)/b16-8-,17-9-. The molecule has 2 aliphatic rings. The number of fused-ring (bicyclic) bond motifs is 1. The van der Waals surface area contributed by atoms with Gasteiger partial charge in [-0.15, -0.1) is 11.3 Å². The summed E-state index contributed by atoms with van der Waals surface area (Å²) in [6.45, 7) is 0. The lowest BCUT2D eigenvalue weighted by Crippen LogP contribution is -2.17. The van der Waals surface area contributed by atoms with E-state index in [0.717, 1.165) is 55.3 Å². The molecule has 10 heteroatoms. The second kappa shape index (κ2) is 7.80. The molecule has 31 heavy (non-hydrogen) atoms. The number of amides is 4. The Hall–Kier alpha value is -3.21. The molecule has 0 saturated carbocycles. The van der Waals surface area contributed by atoms with Crippen molar-refractivity contribution in [3.63, 3.8) is 0 Å². The zero-order valence-electron chi connectivity index (χ0n) is 15.5. The molecule has 2 saturated heterocycles. The van der Waals surface area contributed by atoms with Gasteiger partial charge in [-0.1, -0.05) is 6.07 Å². The molecule has 0 aliphatic carbocycles. The molecule has 2 fully saturated rings. The van der Waals surface area contributed by atoms with Gasteiger partial charge in [-0.25, -0.2) is 0 Å². The van der Waals surface area contributed by atoms with Gasteiger partial charge in [-0.05, 0) is 71.6 Å². The van der Waals surface area contributed by atoms with Crippen molar-refractivity contribution in [3.8, 4) is 10.4 Å². The lowest BCUT2D eigenvalue weighted by molar-refractivity contribution is -0.116. The molecule has 2 aliphatic heterocycles. The van der Waals surface area contributed by atoms with E-state index in [1.807, 2.05) is 36.4 Å². The number of imide groups is 2. The van der Waals surface area contributed by atoms with Crippen LogP contribution in [0.1, 0.15) is 10.4 Å². The van der Waals surface area contributed by atoms with Gasteiger partial charge < -0.3 is 0 Å².